The quantitative estimate of drug-likeness (QED) is 0.888. The maximum absolute atomic E-state index is 13.7. The highest BCUT2D eigenvalue weighted by Crippen LogP contribution is 2.22. The molecule has 0 aliphatic carbocycles. The molecule has 4 nitrogen and oxygen atoms in total. The lowest BCUT2D eigenvalue weighted by Crippen LogP contribution is -2.47. The molecule has 1 aliphatic rings. The Morgan fingerprint density at radius 3 is 2.41 bits per heavy atom. The lowest BCUT2D eigenvalue weighted by Gasteiger charge is -2.28. The molecule has 2 rings (SSSR count). The van der Waals surface area contributed by atoms with E-state index in [9.17, 15) is 13.6 Å². The maximum atomic E-state index is 13.7. The second-order valence-electron chi connectivity index (χ2n) is 5.34. The van der Waals surface area contributed by atoms with Gasteiger partial charge in [-0.1, -0.05) is 6.07 Å². The molecule has 0 aromatic heterocycles. The number of hydrogen-bond donors (Lipinski definition) is 2. The third-order valence-corrected chi connectivity index (χ3v) is 3.87. The van der Waals surface area contributed by atoms with Gasteiger partial charge in [-0.05, 0) is 37.8 Å². The van der Waals surface area contributed by atoms with Gasteiger partial charge in [-0.2, -0.15) is 0 Å². The van der Waals surface area contributed by atoms with Crippen LogP contribution in [0.25, 0.3) is 0 Å². The van der Waals surface area contributed by atoms with E-state index in [2.05, 4.69) is 5.32 Å². The van der Waals surface area contributed by atoms with E-state index in [1.807, 2.05) is 0 Å². The van der Waals surface area contributed by atoms with E-state index in [-0.39, 0.29) is 23.9 Å². The summed E-state index contributed by atoms with van der Waals surface area (Å²) < 4.78 is 32.6. The van der Waals surface area contributed by atoms with Crippen LogP contribution in [0.3, 0.4) is 0 Å². The molecule has 0 bridgehead atoms. The number of rotatable bonds is 4. The monoisotopic (exact) mass is 334 g/mol. The lowest BCUT2D eigenvalue weighted by atomic mass is 9.91. The Kier molecular flexibility index (Phi) is 7.19. The first-order chi connectivity index (χ1) is 10.0. The summed E-state index contributed by atoms with van der Waals surface area (Å²) in [5, 5.41) is 2.59. The van der Waals surface area contributed by atoms with E-state index in [4.69, 9.17) is 10.5 Å². The molecule has 124 valence electrons. The van der Waals surface area contributed by atoms with Crippen LogP contribution in [0.4, 0.5) is 8.78 Å². The van der Waals surface area contributed by atoms with E-state index in [1.165, 1.54) is 25.1 Å². The van der Waals surface area contributed by atoms with Gasteiger partial charge in [-0.25, -0.2) is 8.78 Å². The standard InChI is InChI=1S/C15H20F2N2O2.ClH/c1-9(13-11(16)3-2-4-12(13)17)19-15(20)14(18)10-5-7-21-8-6-10;/h2-4,9-10,14H,5-8,18H2,1H3,(H,19,20);1H. The van der Waals surface area contributed by atoms with Crippen molar-refractivity contribution in [3.63, 3.8) is 0 Å². The molecular weight excluding hydrogens is 314 g/mol. The van der Waals surface area contributed by atoms with Gasteiger partial charge < -0.3 is 15.8 Å². The minimum absolute atomic E-state index is 0. The van der Waals surface area contributed by atoms with Gasteiger partial charge in [-0.15, -0.1) is 12.4 Å². The molecule has 0 spiro atoms. The van der Waals surface area contributed by atoms with Crippen LogP contribution in [0.1, 0.15) is 31.4 Å². The second kappa shape index (κ2) is 8.41. The van der Waals surface area contributed by atoms with Gasteiger partial charge >= 0.3 is 0 Å². The number of amides is 1. The average Bonchev–Trinajstić information content (AvgIpc) is 2.47. The minimum Gasteiger partial charge on any atom is -0.381 e. The molecule has 1 aromatic rings. The molecule has 1 heterocycles. The fraction of sp³-hybridized carbons (Fsp3) is 0.533. The molecule has 22 heavy (non-hydrogen) atoms. The largest absolute Gasteiger partial charge is 0.381 e. The van der Waals surface area contributed by atoms with Gasteiger partial charge in [0.25, 0.3) is 0 Å². The minimum atomic E-state index is -0.774. The maximum Gasteiger partial charge on any atom is 0.237 e. The van der Waals surface area contributed by atoms with Crippen molar-refractivity contribution in [1.29, 1.82) is 0 Å². The van der Waals surface area contributed by atoms with Crippen LogP contribution in [0, 0.1) is 17.6 Å². The highest BCUT2D eigenvalue weighted by molar-refractivity contribution is 5.85. The Hall–Kier alpha value is -1.24. The van der Waals surface area contributed by atoms with Crippen molar-refractivity contribution in [2.75, 3.05) is 13.2 Å². The highest BCUT2D eigenvalue weighted by atomic mass is 35.5. The summed E-state index contributed by atoms with van der Waals surface area (Å²) in [5.74, 6) is -1.71. The molecule has 3 N–H and O–H groups in total. The van der Waals surface area contributed by atoms with Crippen molar-refractivity contribution in [2.45, 2.75) is 31.8 Å². The zero-order valence-electron chi connectivity index (χ0n) is 12.4. The third-order valence-electron chi connectivity index (χ3n) is 3.87. The van der Waals surface area contributed by atoms with Gasteiger partial charge in [-0.3, -0.25) is 4.79 Å². The Morgan fingerprint density at radius 2 is 1.86 bits per heavy atom. The SMILES string of the molecule is CC(NC(=O)C(N)C1CCOCC1)c1c(F)cccc1F.Cl. The van der Waals surface area contributed by atoms with Crippen LogP contribution in [-0.2, 0) is 9.53 Å². The Balaban J connectivity index is 0.00000242. The first-order valence-corrected chi connectivity index (χ1v) is 7.08. The normalized spacial score (nSPS) is 18.2. The van der Waals surface area contributed by atoms with Gasteiger partial charge in [0, 0.05) is 18.8 Å². The van der Waals surface area contributed by atoms with Crippen LogP contribution in [0.15, 0.2) is 18.2 Å². The molecule has 1 amide bonds. The van der Waals surface area contributed by atoms with Gasteiger partial charge in [0.2, 0.25) is 5.91 Å². The van der Waals surface area contributed by atoms with Crippen molar-refractivity contribution in [2.24, 2.45) is 11.7 Å². The fourth-order valence-electron chi connectivity index (χ4n) is 2.60. The van der Waals surface area contributed by atoms with E-state index in [0.29, 0.717) is 13.2 Å². The second-order valence-corrected chi connectivity index (χ2v) is 5.34. The van der Waals surface area contributed by atoms with Crippen molar-refractivity contribution in [3.8, 4) is 0 Å². The zero-order valence-corrected chi connectivity index (χ0v) is 13.2. The first kappa shape index (κ1) is 18.8. The molecule has 0 saturated carbocycles. The Bertz CT molecular complexity index is 490. The molecule has 1 aliphatic heterocycles. The van der Waals surface area contributed by atoms with E-state index >= 15 is 0 Å². The first-order valence-electron chi connectivity index (χ1n) is 7.08. The predicted molar refractivity (Wildman–Crippen MR) is 81.7 cm³/mol. The Morgan fingerprint density at radius 1 is 1.32 bits per heavy atom. The molecular formula is C15H21ClF2N2O2. The number of carbonyl (C=O) groups is 1. The summed E-state index contributed by atoms with van der Waals surface area (Å²) in [4.78, 5) is 12.1. The number of nitrogens with two attached hydrogens (primary N) is 1. The third kappa shape index (κ3) is 4.38. The topological polar surface area (TPSA) is 64.4 Å². The van der Waals surface area contributed by atoms with Crippen molar-refractivity contribution in [3.05, 3.63) is 35.4 Å². The van der Waals surface area contributed by atoms with Gasteiger partial charge in [0.1, 0.15) is 11.6 Å². The molecule has 2 atom stereocenters. The summed E-state index contributed by atoms with van der Waals surface area (Å²) in [6, 6.07) is 2.16. The van der Waals surface area contributed by atoms with Gasteiger partial charge in [0.15, 0.2) is 0 Å². The summed E-state index contributed by atoms with van der Waals surface area (Å²) in [5.41, 5.74) is 5.79. The number of benzene rings is 1. The number of ether oxygens (including phenoxy) is 1. The van der Waals surface area contributed by atoms with Gasteiger partial charge in [0.05, 0.1) is 12.1 Å². The summed E-state index contributed by atoms with van der Waals surface area (Å²) in [6.07, 6.45) is 1.44. The zero-order chi connectivity index (χ0) is 15.4. The van der Waals surface area contributed by atoms with Crippen LogP contribution in [-0.4, -0.2) is 25.2 Å². The summed E-state index contributed by atoms with van der Waals surface area (Å²) in [7, 11) is 0. The smallest absolute Gasteiger partial charge is 0.237 e. The van der Waals surface area contributed by atoms with Crippen molar-refractivity contribution in [1.82, 2.24) is 5.32 Å². The molecule has 1 aromatic carbocycles. The lowest BCUT2D eigenvalue weighted by molar-refractivity contribution is -0.125. The number of carbonyl (C=O) groups excluding carboxylic acids is 1. The van der Waals surface area contributed by atoms with Crippen molar-refractivity contribution >= 4 is 18.3 Å². The van der Waals surface area contributed by atoms with Crippen LogP contribution in [0.2, 0.25) is 0 Å². The number of halogens is 3. The number of hydrogen-bond acceptors (Lipinski definition) is 3. The molecule has 2 unspecified atom stereocenters. The van der Waals surface area contributed by atoms with E-state index in [0.717, 1.165) is 12.8 Å². The molecule has 1 saturated heterocycles. The number of nitrogens with one attached hydrogen (secondary N) is 1. The molecule has 7 heteroatoms. The van der Waals surface area contributed by atoms with E-state index < -0.39 is 29.6 Å². The van der Waals surface area contributed by atoms with Crippen LogP contribution >= 0.6 is 12.4 Å². The predicted octanol–water partition coefficient (Wildman–Crippen LogP) is 2.32. The van der Waals surface area contributed by atoms with Crippen molar-refractivity contribution < 1.29 is 18.3 Å². The molecule has 1 fully saturated rings. The van der Waals surface area contributed by atoms with Crippen LogP contribution in [0.5, 0.6) is 0 Å². The summed E-state index contributed by atoms with van der Waals surface area (Å²) in [6.45, 7) is 2.71. The summed E-state index contributed by atoms with van der Waals surface area (Å²) >= 11 is 0. The average molecular weight is 335 g/mol. The van der Waals surface area contributed by atoms with Crippen LogP contribution < -0.4 is 11.1 Å². The molecule has 0 radical (unpaired) electrons. The highest BCUT2D eigenvalue weighted by Gasteiger charge is 2.28. The fourth-order valence-corrected chi connectivity index (χ4v) is 2.60. The van der Waals surface area contributed by atoms with E-state index in [1.54, 1.807) is 0 Å². The Labute approximate surface area is 134 Å².